The van der Waals surface area contributed by atoms with Gasteiger partial charge in [-0.25, -0.2) is 9.71 Å². The first-order valence-corrected chi connectivity index (χ1v) is 5.15. The van der Waals surface area contributed by atoms with E-state index in [2.05, 4.69) is 5.32 Å². The van der Waals surface area contributed by atoms with Gasteiger partial charge in [-0.3, -0.25) is 0 Å². The SMILES string of the molecule is FC1(Cc2ccccc2)CC[N]CC1. The molecule has 1 saturated heterocycles. The Morgan fingerprint density at radius 2 is 1.79 bits per heavy atom. The molecule has 0 aromatic heterocycles. The number of halogens is 1. The Hall–Kier alpha value is -0.890. The van der Waals surface area contributed by atoms with E-state index >= 15 is 0 Å². The first-order chi connectivity index (χ1) is 6.79. The lowest BCUT2D eigenvalue weighted by Gasteiger charge is -2.29. The van der Waals surface area contributed by atoms with Crippen LogP contribution in [0.25, 0.3) is 0 Å². The molecule has 1 radical (unpaired) electrons. The lowest BCUT2D eigenvalue weighted by molar-refractivity contribution is 0.115. The van der Waals surface area contributed by atoms with Crippen LogP contribution < -0.4 is 5.32 Å². The van der Waals surface area contributed by atoms with Gasteiger partial charge in [-0.1, -0.05) is 30.3 Å². The van der Waals surface area contributed by atoms with Crippen molar-refractivity contribution in [2.24, 2.45) is 0 Å². The van der Waals surface area contributed by atoms with Gasteiger partial charge in [0.15, 0.2) is 0 Å². The largest absolute Gasteiger partial charge is 0.243 e. The maximum Gasteiger partial charge on any atom is 0.117 e. The van der Waals surface area contributed by atoms with Gasteiger partial charge in [-0.15, -0.1) is 0 Å². The topological polar surface area (TPSA) is 14.1 Å². The van der Waals surface area contributed by atoms with Crippen molar-refractivity contribution in [3.05, 3.63) is 35.9 Å². The molecule has 1 aliphatic heterocycles. The molecule has 14 heavy (non-hydrogen) atoms. The maximum absolute atomic E-state index is 14.2. The molecule has 0 amide bonds. The van der Waals surface area contributed by atoms with Gasteiger partial charge in [0.2, 0.25) is 0 Å². The first kappa shape index (κ1) is 9.66. The van der Waals surface area contributed by atoms with Gasteiger partial charge in [0.25, 0.3) is 0 Å². The van der Waals surface area contributed by atoms with Crippen LogP contribution in [0.3, 0.4) is 0 Å². The standard InChI is InChI=1S/C12H15FN/c13-12(6-8-14-9-7-12)10-11-4-2-1-3-5-11/h1-5H,6-10H2. The molecule has 0 spiro atoms. The zero-order valence-electron chi connectivity index (χ0n) is 8.25. The van der Waals surface area contributed by atoms with Crippen LogP contribution >= 0.6 is 0 Å². The highest BCUT2D eigenvalue weighted by atomic mass is 19.1. The third-order valence-corrected chi connectivity index (χ3v) is 2.80. The van der Waals surface area contributed by atoms with E-state index in [4.69, 9.17) is 0 Å². The molecule has 0 unspecified atom stereocenters. The minimum atomic E-state index is -1.01. The number of hydrogen-bond donors (Lipinski definition) is 0. The lowest BCUT2D eigenvalue weighted by atomic mass is 9.88. The van der Waals surface area contributed by atoms with Crippen LogP contribution in [0.1, 0.15) is 18.4 Å². The van der Waals surface area contributed by atoms with Crippen LogP contribution in [-0.4, -0.2) is 18.8 Å². The second-order valence-electron chi connectivity index (χ2n) is 3.98. The van der Waals surface area contributed by atoms with Gasteiger partial charge in [0.05, 0.1) is 0 Å². The normalized spacial score (nSPS) is 20.6. The van der Waals surface area contributed by atoms with E-state index < -0.39 is 5.67 Å². The van der Waals surface area contributed by atoms with Crippen molar-refractivity contribution in [1.29, 1.82) is 0 Å². The molecular formula is C12H15FN. The average Bonchev–Trinajstić information content (AvgIpc) is 2.19. The molecule has 1 heterocycles. The van der Waals surface area contributed by atoms with Gasteiger partial charge in [0, 0.05) is 19.5 Å². The molecule has 0 aliphatic carbocycles. The van der Waals surface area contributed by atoms with E-state index in [0.29, 0.717) is 32.4 Å². The summed E-state index contributed by atoms with van der Waals surface area (Å²) in [6.07, 6.45) is 1.72. The molecule has 1 aromatic carbocycles. The quantitative estimate of drug-likeness (QED) is 0.683. The molecule has 2 heteroatoms. The lowest BCUT2D eigenvalue weighted by Crippen LogP contribution is -2.37. The highest BCUT2D eigenvalue weighted by Gasteiger charge is 2.31. The summed E-state index contributed by atoms with van der Waals surface area (Å²) in [6, 6.07) is 9.88. The Bertz CT molecular complexity index is 278. The minimum absolute atomic E-state index is 0.545. The Morgan fingerprint density at radius 1 is 1.14 bits per heavy atom. The number of hydrogen-bond acceptors (Lipinski definition) is 0. The fourth-order valence-corrected chi connectivity index (χ4v) is 1.93. The van der Waals surface area contributed by atoms with Crippen LogP contribution in [0.4, 0.5) is 4.39 Å². The molecule has 2 rings (SSSR count). The number of alkyl halides is 1. The fraction of sp³-hybridized carbons (Fsp3) is 0.500. The molecule has 0 saturated carbocycles. The Kier molecular flexibility index (Phi) is 2.82. The molecule has 0 N–H and O–H groups in total. The van der Waals surface area contributed by atoms with Crippen LogP contribution in [-0.2, 0) is 6.42 Å². The summed E-state index contributed by atoms with van der Waals surface area (Å²) in [6.45, 7) is 1.37. The monoisotopic (exact) mass is 192 g/mol. The first-order valence-electron chi connectivity index (χ1n) is 5.15. The number of piperidine rings is 1. The van der Waals surface area contributed by atoms with Gasteiger partial charge < -0.3 is 0 Å². The second-order valence-corrected chi connectivity index (χ2v) is 3.98. The van der Waals surface area contributed by atoms with Gasteiger partial charge in [-0.05, 0) is 18.4 Å². The summed E-state index contributed by atoms with van der Waals surface area (Å²) in [5, 5.41) is 4.17. The third kappa shape index (κ3) is 2.32. The van der Waals surface area contributed by atoms with Crippen molar-refractivity contribution in [2.75, 3.05) is 13.1 Å². The molecule has 0 bridgehead atoms. The predicted molar refractivity (Wildman–Crippen MR) is 55.1 cm³/mol. The highest BCUT2D eigenvalue weighted by Crippen LogP contribution is 2.27. The van der Waals surface area contributed by atoms with E-state index in [1.807, 2.05) is 30.3 Å². The molecule has 1 aliphatic rings. The average molecular weight is 192 g/mol. The van der Waals surface area contributed by atoms with Crippen LogP contribution in [0, 0.1) is 0 Å². The number of benzene rings is 1. The van der Waals surface area contributed by atoms with E-state index in [1.54, 1.807) is 0 Å². The van der Waals surface area contributed by atoms with Gasteiger partial charge >= 0.3 is 0 Å². The number of rotatable bonds is 2. The zero-order chi connectivity index (χ0) is 9.86. The van der Waals surface area contributed by atoms with Crippen LogP contribution in [0.2, 0.25) is 0 Å². The molecular weight excluding hydrogens is 177 g/mol. The smallest absolute Gasteiger partial charge is 0.117 e. The molecule has 1 nitrogen and oxygen atoms in total. The maximum atomic E-state index is 14.2. The van der Waals surface area contributed by atoms with E-state index in [0.717, 1.165) is 5.56 Å². The van der Waals surface area contributed by atoms with Crippen molar-refractivity contribution < 1.29 is 4.39 Å². The summed E-state index contributed by atoms with van der Waals surface area (Å²) in [5.41, 5.74) is 0.0835. The summed E-state index contributed by atoms with van der Waals surface area (Å²) in [5.74, 6) is 0. The molecule has 1 fully saturated rings. The minimum Gasteiger partial charge on any atom is -0.243 e. The Labute approximate surface area is 84.3 Å². The van der Waals surface area contributed by atoms with E-state index in [1.165, 1.54) is 0 Å². The van der Waals surface area contributed by atoms with Gasteiger partial charge in [0.1, 0.15) is 5.67 Å². The summed E-state index contributed by atoms with van der Waals surface area (Å²) in [4.78, 5) is 0. The molecule has 75 valence electrons. The Morgan fingerprint density at radius 3 is 2.43 bits per heavy atom. The summed E-state index contributed by atoms with van der Waals surface area (Å²) >= 11 is 0. The van der Waals surface area contributed by atoms with Crippen LogP contribution in [0.5, 0.6) is 0 Å². The number of nitrogens with zero attached hydrogens (tertiary/aromatic N) is 1. The third-order valence-electron chi connectivity index (χ3n) is 2.80. The van der Waals surface area contributed by atoms with Crippen molar-refractivity contribution in [3.63, 3.8) is 0 Å². The zero-order valence-corrected chi connectivity index (χ0v) is 8.25. The Balaban J connectivity index is 2.02. The van der Waals surface area contributed by atoms with Crippen molar-refractivity contribution in [3.8, 4) is 0 Å². The van der Waals surface area contributed by atoms with Crippen LogP contribution in [0.15, 0.2) is 30.3 Å². The summed E-state index contributed by atoms with van der Waals surface area (Å²) in [7, 11) is 0. The fourth-order valence-electron chi connectivity index (χ4n) is 1.93. The van der Waals surface area contributed by atoms with Crippen molar-refractivity contribution in [1.82, 2.24) is 5.32 Å². The van der Waals surface area contributed by atoms with Crippen molar-refractivity contribution in [2.45, 2.75) is 24.9 Å². The molecule has 0 atom stereocenters. The van der Waals surface area contributed by atoms with Gasteiger partial charge in [-0.2, -0.15) is 0 Å². The van der Waals surface area contributed by atoms with E-state index in [-0.39, 0.29) is 0 Å². The summed E-state index contributed by atoms with van der Waals surface area (Å²) < 4.78 is 14.2. The highest BCUT2D eigenvalue weighted by molar-refractivity contribution is 5.17. The predicted octanol–water partition coefficient (Wildman–Crippen LogP) is 2.34. The van der Waals surface area contributed by atoms with Crippen molar-refractivity contribution >= 4 is 0 Å². The molecule has 1 aromatic rings. The van der Waals surface area contributed by atoms with E-state index in [9.17, 15) is 4.39 Å². The second kappa shape index (κ2) is 4.09.